The highest BCUT2D eigenvalue weighted by Crippen LogP contribution is 2.43. The van der Waals surface area contributed by atoms with Crippen molar-refractivity contribution in [3.63, 3.8) is 0 Å². The SMILES string of the molecule is CC(=O)N(C)c1c(I)c(C(=O)O)c(I)c(N2C(=O)CCC(C)C2=O)c1I. The van der Waals surface area contributed by atoms with Gasteiger partial charge in [-0.05, 0) is 74.2 Å². The lowest BCUT2D eigenvalue weighted by Gasteiger charge is -2.32. The predicted molar refractivity (Wildman–Crippen MR) is 122 cm³/mol. The standard InChI is InChI=1S/C16H15I3N2O5/c1-6-4-5-8(23)21(15(6)24)14-11(18)9(16(25)26)10(17)13(12(14)19)20(3)7(2)22/h6H,4-5H2,1-3H3,(H,25,26). The van der Waals surface area contributed by atoms with Crippen LogP contribution in [0.15, 0.2) is 0 Å². The summed E-state index contributed by atoms with van der Waals surface area (Å²) >= 11 is 5.71. The van der Waals surface area contributed by atoms with Crippen LogP contribution in [0.25, 0.3) is 0 Å². The maximum Gasteiger partial charge on any atom is 0.338 e. The minimum absolute atomic E-state index is 0.0245. The molecule has 1 aromatic carbocycles. The molecule has 1 atom stereocenters. The molecule has 140 valence electrons. The Morgan fingerprint density at radius 3 is 2.23 bits per heavy atom. The molecule has 0 aliphatic carbocycles. The van der Waals surface area contributed by atoms with E-state index < -0.39 is 5.97 Å². The highest BCUT2D eigenvalue weighted by molar-refractivity contribution is 14.1. The van der Waals surface area contributed by atoms with E-state index in [2.05, 4.69) is 0 Å². The third kappa shape index (κ3) is 3.72. The van der Waals surface area contributed by atoms with Gasteiger partial charge in [0.1, 0.15) is 0 Å². The van der Waals surface area contributed by atoms with E-state index in [4.69, 9.17) is 0 Å². The Kier molecular flexibility index (Phi) is 6.91. The number of carbonyl (C=O) groups excluding carboxylic acids is 3. The number of rotatable bonds is 3. The number of amides is 3. The average molecular weight is 696 g/mol. The first kappa shape index (κ1) is 21.8. The van der Waals surface area contributed by atoms with Crippen LogP contribution in [0.5, 0.6) is 0 Å². The molecule has 1 fully saturated rings. The van der Waals surface area contributed by atoms with E-state index in [-0.39, 0.29) is 41.3 Å². The Morgan fingerprint density at radius 1 is 1.15 bits per heavy atom. The zero-order valence-electron chi connectivity index (χ0n) is 14.1. The summed E-state index contributed by atoms with van der Waals surface area (Å²) < 4.78 is 1.19. The summed E-state index contributed by atoms with van der Waals surface area (Å²) in [4.78, 5) is 51.4. The summed E-state index contributed by atoms with van der Waals surface area (Å²) in [6.07, 6.45) is 0.684. The summed E-state index contributed by atoms with van der Waals surface area (Å²) in [6.45, 7) is 3.11. The molecule has 1 aliphatic heterocycles. The van der Waals surface area contributed by atoms with Crippen LogP contribution in [-0.4, -0.2) is 35.8 Å². The minimum Gasteiger partial charge on any atom is -0.478 e. The molecule has 10 heteroatoms. The number of aromatic carboxylic acids is 1. The molecule has 1 N–H and O–H groups in total. The number of imide groups is 1. The molecular weight excluding hydrogens is 681 g/mol. The van der Waals surface area contributed by atoms with E-state index in [1.54, 1.807) is 6.92 Å². The molecule has 7 nitrogen and oxygen atoms in total. The van der Waals surface area contributed by atoms with Gasteiger partial charge in [0.2, 0.25) is 17.7 Å². The molecule has 0 saturated carbocycles. The van der Waals surface area contributed by atoms with Gasteiger partial charge in [0.25, 0.3) is 0 Å². The Morgan fingerprint density at radius 2 is 1.73 bits per heavy atom. The largest absolute Gasteiger partial charge is 0.478 e. The van der Waals surface area contributed by atoms with Gasteiger partial charge >= 0.3 is 5.97 Å². The first-order valence-electron chi connectivity index (χ1n) is 7.55. The number of carboxylic acids is 1. The second-order valence-electron chi connectivity index (χ2n) is 5.90. The Hall–Kier alpha value is -0.510. The summed E-state index contributed by atoms with van der Waals surface area (Å²) in [7, 11) is 1.53. The Bertz CT molecular complexity index is 840. The first-order valence-corrected chi connectivity index (χ1v) is 10.8. The van der Waals surface area contributed by atoms with Crippen LogP contribution in [0.2, 0.25) is 0 Å². The van der Waals surface area contributed by atoms with Crippen LogP contribution in [0.1, 0.15) is 37.0 Å². The maximum atomic E-state index is 12.7. The molecule has 1 aromatic rings. The van der Waals surface area contributed by atoms with Gasteiger partial charge in [-0.25, -0.2) is 9.69 Å². The molecule has 1 unspecified atom stereocenters. The van der Waals surface area contributed by atoms with Crippen LogP contribution in [-0.2, 0) is 14.4 Å². The number of nitrogens with zero attached hydrogens (tertiary/aromatic N) is 2. The lowest BCUT2D eigenvalue weighted by molar-refractivity contribution is -0.131. The number of carbonyl (C=O) groups is 4. The lowest BCUT2D eigenvalue weighted by atomic mass is 9.97. The van der Waals surface area contributed by atoms with Crippen LogP contribution in [0.4, 0.5) is 11.4 Å². The van der Waals surface area contributed by atoms with E-state index in [1.165, 1.54) is 18.9 Å². The maximum absolute atomic E-state index is 12.7. The molecule has 1 aliphatic rings. The third-order valence-corrected chi connectivity index (χ3v) is 7.32. The monoisotopic (exact) mass is 696 g/mol. The Labute approximate surface area is 191 Å². The second-order valence-corrected chi connectivity index (χ2v) is 9.14. The number of piperidine rings is 1. The van der Waals surface area contributed by atoms with Crippen molar-refractivity contribution < 1.29 is 24.3 Å². The van der Waals surface area contributed by atoms with E-state index in [9.17, 15) is 24.3 Å². The van der Waals surface area contributed by atoms with Gasteiger partial charge < -0.3 is 10.0 Å². The Balaban J connectivity index is 2.89. The molecule has 0 bridgehead atoms. The fourth-order valence-corrected chi connectivity index (χ4v) is 7.46. The molecule has 1 saturated heterocycles. The van der Waals surface area contributed by atoms with E-state index in [1.807, 2.05) is 67.8 Å². The number of halogens is 3. The van der Waals surface area contributed by atoms with Crippen LogP contribution in [0.3, 0.4) is 0 Å². The molecule has 26 heavy (non-hydrogen) atoms. The van der Waals surface area contributed by atoms with Crippen molar-refractivity contribution in [2.75, 3.05) is 16.8 Å². The number of anilines is 2. The zero-order valence-corrected chi connectivity index (χ0v) is 20.6. The van der Waals surface area contributed by atoms with Gasteiger partial charge in [-0.15, -0.1) is 0 Å². The molecular formula is C16H15I3N2O5. The van der Waals surface area contributed by atoms with E-state index >= 15 is 0 Å². The predicted octanol–water partition coefficient (Wildman–Crippen LogP) is 3.47. The summed E-state index contributed by atoms with van der Waals surface area (Å²) in [5.74, 6) is -2.52. The molecule has 0 aromatic heterocycles. The molecule has 2 rings (SSSR count). The van der Waals surface area contributed by atoms with E-state index in [0.717, 1.165) is 4.90 Å². The van der Waals surface area contributed by atoms with Crippen molar-refractivity contribution in [2.24, 2.45) is 5.92 Å². The van der Waals surface area contributed by atoms with Crippen molar-refractivity contribution in [2.45, 2.75) is 26.7 Å². The zero-order chi connectivity index (χ0) is 19.9. The topological polar surface area (TPSA) is 95.0 Å². The third-order valence-electron chi connectivity index (χ3n) is 4.20. The fraction of sp³-hybridized carbons (Fsp3) is 0.375. The highest BCUT2D eigenvalue weighted by atomic mass is 127. The van der Waals surface area contributed by atoms with Crippen molar-refractivity contribution in [3.8, 4) is 0 Å². The van der Waals surface area contributed by atoms with Gasteiger partial charge in [0.05, 0.1) is 27.6 Å². The summed E-state index contributed by atoms with van der Waals surface area (Å²) in [5, 5.41) is 9.68. The van der Waals surface area contributed by atoms with Gasteiger partial charge in [0, 0.05) is 26.3 Å². The van der Waals surface area contributed by atoms with Gasteiger partial charge in [0.15, 0.2) is 0 Å². The molecule has 1 heterocycles. The number of hydrogen-bond acceptors (Lipinski definition) is 4. The quantitative estimate of drug-likeness (QED) is 0.387. The normalized spacial score (nSPS) is 17.5. The lowest BCUT2D eigenvalue weighted by Crippen LogP contribution is -2.45. The molecule has 0 spiro atoms. The summed E-state index contributed by atoms with van der Waals surface area (Å²) in [5.41, 5.74) is 0.600. The smallest absolute Gasteiger partial charge is 0.338 e. The minimum atomic E-state index is -1.18. The molecule has 0 radical (unpaired) electrons. The molecule has 3 amide bonds. The fourth-order valence-electron chi connectivity index (χ4n) is 2.63. The second kappa shape index (κ2) is 8.24. The van der Waals surface area contributed by atoms with Gasteiger partial charge in [-0.3, -0.25) is 14.4 Å². The first-order chi connectivity index (χ1) is 12.0. The average Bonchev–Trinajstić information content (AvgIpc) is 2.53. The van der Waals surface area contributed by atoms with Crippen LogP contribution in [0, 0.1) is 16.6 Å². The highest BCUT2D eigenvalue weighted by Gasteiger charge is 2.38. The van der Waals surface area contributed by atoms with Gasteiger partial charge in [-0.1, -0.05) is 6.92 Å². The number of benzene rings is 1. The van der Waals surface area contributed by atoms with E-state index in [0.29, 0.717) is 22.8 Å². The van der Waals surface area contributed by atoms with Crippen molar-refractivity contribution in [1.82, 2.24) is 0 Å². The van der Waals surface area contributed by atoms with Gasteiger partial charge in [-0.2, -0.15) is 0 Å². The number of hydrogen-bond donors (Lipinski definition) is 1. The summed E-state index contributed by atoms with van der Waals surface area (Å²) in [6, 6.07) is 0. The van der Waals surface area contributed by atoms with Crippen LogP contribution >= 0.6 is 67.8 Å². The van der Waals surface area contributed by atoms with Crippen molar-refractivity contribution in [3.05, 3.63) is 16.3 Å². The van der Waals surface area contributed by atoms with Crippen molar-refractivity contribution >= 4 is 103 Å². The van der Waals surface area contributed by atoms with Crippen molar-refractivity contribution in [1.29, 1.82) is 0 Å². The number of carboxylic acid groups (broad SMARTS) is 1. The van der Waals surface area contributed by atoms with Crippen LogP contribution < -0.4 is 9.80 Å².